The van der Waals surface area contributed by atoms with Gasteiger partial charge in [-0.05, 0) is 32.9 Å². The molecule has 1 aliphatic heterocycles. The lowest BCUT2D eigenvalue weighted by molar-refractivity contribution is 0.325. The molecule has 0 aliphatic carbocycles. The SMILES string of the molecule is Cc1nc(CN2CCCC2)c(C)o1. The summed E-state index contributed by atoms with van der Waals surface area (Å²) in [5, 5.41) is 0. The summed E-state index contributed by atoms with van der Waals surface area (Å²) < 4.78 is 5.39. The fraction of sp³-hybridized carbons (Fsp3) is 0.700. The first-order valence-electron chi connectivity index (χ1n) is 4.91. The molecule has 0 spiro atoms. The Hall–Kier alpha value is -0.830. The van der Waals surface area contributed by atoms with E-state index in [1.165, 1.54) is 25.9 Å². The van der Waals surface area contributed by atoms with Crippen molar-refractivity contribution in [3.05, 3.63) is 17.3 Å². The van der Waals surface area contributed by atoms with E-state index in [9.17, 15) is 0 Å². The van der Waals surface area contributed by atoms with Gasteiger partial charge in [0.05, 0.1) is 5.69 Å². The Labute approximate surface area is 78.8 Å². The van der Waals surface area contributed by atoms with E-state index >= 15 is 0 Å². The molecular weight excluding hydrogens is 164 g/mol. The molecular formula is C10H16N2O. The van der Waals surface area contributed by atoms with E-state index < -0.39 is 0 Å². The molecule has 2 heterocycles. The molecule has 0 saturated carbocycles. The van der Waals surface area contributed by atoms with E-state index in [0.29, 0.717) is 0 Å². The number of aromatic nitrogens is 1. The molecule has 72 valence electrons. The second-order valence-corrected chi connectivity index (χ2v) is 3.72. The van der Waals surface area contributed by atoms with Gasteiger partial charge >= 0.3 is 0 Å². The lowest BCUT2D eigenvalue weighted by Crippen LogP contribution is -2.19. The highest BCUT2D eigenvalue weighted by Gasteiger charge is 2.15. The molecule has 0 radical (unpaired) electrons. The second kappa shape index (κ2) is 3.50. The van der Waals surface area contributed by atoms with E-state index in [4.69, 9.17) is 4.42 Å². The zero-order chi connectivity index (χ0) is 9.26. The van der Waals surface area contributed by atoms with Crippen molar-refractivity contribution in [1.82, 2.24) is 9.88 Å². The van der Waals surface area contributed by atoms with Crippen molar-refractivity contribution in [2.24, 2.45) is 0 Å². The first-order valence-corrected chi connectivity index (χ1v) is 4.91. The summed E-state index contributed by atoms with van der Waals surface area (Å²) in [4.78, 5) is 6.80. The predicted octanol–water partition coefficient (Wildman–Crippen LogP) is 1.89. The van der Waals surface area contributed by atoms with Crippen LogP contribution in [0.4, 0.5) is 0 Å². The largest absolute Gasteiger partial charge is 0.446 e. The third-order valence-corrected chi connectivity index (χ3v) is 2.57. The van der Waals surface area contributed by atoms with Crippen molar-refractivity contribution < 1.29 is 4.42 Å². The molecule has 3 heteroatoms. The summed E-state index contributed by atoms with van der Waals surface area (Å²) in [6, 6.07) is 0. The first kappa shape index (κ1) is 8.75. The Balaban J connectivity index is 2.03. The van der Waals surface area contributed by atoms with Crippen LogP contribution in [-0.2, 0) is 6.54 Å². The van der Waals surface area contributed by atoms with E-state index in [0.717, 1.165) is 23.9 Å². The Bertz CT molecular complexity index is 287. The zero-order valence-corrected chi connectivity index (χ0v) is 8.34. The van der Waals surface area contributed by atoms with Crippen LogP contribution in [0.15, 0.2) is 4.42 Å². The monoisotopic (exact) mass is 180 g/mol. The Morgan fingerprint density at radius 3 is 2.54 bits per heavy atom. The molecule has 2 rings (SSSR count). The van der Waals surface area contributed by atoms with Crippen LogP contribution in [0, 0.1) is 13.8 Å². The minimum absolute atomic E-state index is 0.784. The van der Waals surface area contributed by atoms with Gasteiger partial charge in [0.1, 0.15) is 5.76 Å². The van der Waals surface area contributed by atoms with Gasteiger partial charge in [0.25, 0.3) is 0 Å². The number of nitrogens with zero attached hydrogens (tertiary/aromatic N) is 2. The highest BCUT2D eigenvalue weighted by atomic mass is 16.4. The lowest BCUT2D eigenvalue weighted by atomic mass is 10.3. The van der Waals surface area contributed by atoms with Crippen molar-refractivity contribution in [3.8, 4) is 0 Å². The molecule has 0 atom stereocenters. The van der Waals surface area contributed by atoms with Crippen molar-refractivity contribution in [3.63, 3.8) is 0 Å². The molecule has 13 heavy (non-hydrogen) atoms. The van der Waals surface area contributed by atoms with Crippen molar-refractivity contribution in [1.29, 1.82) is 0 Å². The molecule has 0 amide bonds. The van der Waals surface area contributed by atoms with Gasteiger partial charge in [0.2, 0.25) is 0 Å². The van der Waals surface area contributed by atoms with Gasteiger partial charge in [-0.2, -0.15) is 0 Å². The van der Waals surface area contributed by atoms with Gasteiger partial charge in [-0.15, -0.1) is 0 Å². The number of likely N-dealkylation sites (tertiary alicyclic amines) is 1. The maximum absolute atomic E-state index is 5.39. The van der Waals surface area contributed by atoms with Gasteiger partial charge in [0.15, 0.2) is 5.89 Å². The minimum atomic E-state index is 0.784. The lowest BCUT2D eigenvalue weighted by Gasteiger charge is -2.12. The highest BCUT2D eigenvalue weighted by molar-refractivity contribution is 5.07. The van der Waals surface area contributed by atoms with Gasteiger partial charge in [0, 0.05) is 13.5 Å². The molecule has 1 aliphatic rings. The van der Waals surface area contributed by atoms with Crippen LogP contribution >= 0.6 is 0 Å². The summed E-state index contributed by atoms with van der Waals surface area (Å²) in [6.07, 6.45) is 2.66. The van der Waals surface area contributed by atoms with E-state index in [1.807, 2.05) is 13.8 Å². The van der Waals surface area contributed by atoms with Crippen LogP contribution in [0.5, 0.6) is 0 Å². The smallest absolute Gasteiger partial charge is 0.191 e. The minimum Gasteiger partial charge on any atom is -0.446 e. The quantitative estimate of drug-likeness (QED) is 0.696. The zero-order valence-electron chi connectivity index (χ0n) is 8.34. The molecule has 1 saturated heterocycles. The van der Waals surface area contributed by atoms with Gasteiger partial charge in [-0.25, -0.2) is 4.98 Å². The van der Waals surface area contributed by atoms with Crippen LogP contribution in [-0.4, -0.2) is 23.0 Å². The first-order chi connectivity index (χ1) is 6.25. The number of hydrogen-bond acceptors (Lipinski definition) is 3. The number of rotatable bonds is 2. The van der Waals surface area contributed by atoms with Gasteiger partial charge in [-0.3, -0.25) is 4.90 Å². The third kappa shape index (κ3) is 1.91. The van der Waals surface area contributed by atoms with E-state index in [2.05, 4.69) is 9.88 Å². The molecule has 0 unspecified atom stereocenters. The number of aryl methyl sites for hydroxylation is 2. The molecule has 0 bridgehead atoms. The normalized spacial score (nSPS) is 18.3. The molecule has 1 fully saturated rings. The fourth-order valence-electron chi connectivity index (χ4n) is 1.87. The highest BCUT2D eigenvalue weighted by Crippen LogP contribution is 2.15. The van der Waals surface area contributed by atoms with E-state index in [1.54, 1.807) is 0 Å². The summed E-state index contributed by atoms with van der Waals surface area (Å²) >= 11 is 0. The van der Waals surface area contributed by atoms with Crippen molar-refractivity contribution in [2.45, 2.75) is 33.2 Å². The van der Waals surface area contributed by atoms with Crippen LogP contribution in [0.3, 0.4) is 0 Å². The van der Waals surface area contributed by atoms with Gasteiger partial charge < -0.3 is 4.42 Å². The summed E-state index contributed by atoms with van der Waals surface area (Å²) in [6.45, 7) is 7.28. The number of hydrogen-bond donors (Lipinski definition) is 0. The third-order valence-electron chi connectivity index (χ3n) is 2.57. The summed E-state index contributed by atoms with van der Waals surface area (Å²) in [7, 11) is 0. The molecule has 1 aromatic heterocycles. The topological polar surface area (TPSA) is 29.3 Å². The number of oxazole rings is 1. The summed E-state index contributed by atoms with van der Waals surface area (Å²) in [5.74, 6) is 1.76. The van der Waals surface area contributed by atoms with Crippen LogP contribution in [0.25, 0.3) is 0 Å². The molecule has 0 N–H and O–H groups in total. The Morgan fingerprint density at radius 1 is 1.31 bits per heavy atom. The Kier molecular flexibility index (Phi) is 2.36. The average molecular weight is 180 g/mol. The van der Waals surface area contributed by atoms with Crippen molar-refractivity contribution in [2.75, 3.05) is 13.1 Å². The predicted molar refractivity (Wildman–Crippen MR) is 50.5 cm³/mol. The molecule has 1 aromatic rings. The summed E-state index contributed by atoms with van der Waals surface area (Å²) in [5.41, 5.74) is 1.11. The fourth-order valence-corrected chi connectivity index (χ4v) is 1.87. The maximum atomic E-state index is 5.39. The van der Waals surface area contributed by atoms with Crippen LogP contribution in [0.2, 0.25) is 0 Å². The standard InChI is InChI=1S/C10H16N2O/c1-8-10(11-9(2)13-8)7-12-5-3-4-6-12/h3-7H2,1-2H3. The van der Waals surface area contributed by atoms with Crippen molar-refractivity contribution >= 4 is 0 Å². The molecule has 3 nitrogen and oxygen atoms in total. The van der Waals surface area contributed by atoms with Gasteiger partial charge in [-0.1, -0.05) is 0 Å². The van der Waals surface area contributed by atoms with Crippen LogP contribution < -0.4 is 0 Å². The second-order valence-electron chi connectivity index (χ2n) is 3.72. The maximum Gasteiger partial charge on any atom is 0.191 e. The molecule has 0 aromatic carbocycles. The van der Waals surface area contributed by atoms with Crippen LogP contribution in [0.1, 0.15) is 30.2 Å². The average Bonchev–Trinajstić information content (AvgIpc) is 2.63. The Morgan fingerprint density at radius 2 is 2.00 bits per heavy atom. The van der Waals surface area contributed by atoms with E-state index in [-0.39, 0.29) is 0 Å².